The third-order valence-corrected chi connectivity index (χ3v) is 4.60. The van der Waals surface area contributed by atoms with Gasteiger partial charge in [0.05, 0.1) is 6.61 Å². The number of aliphatic hydroxyl groups excluding tert-OH is 3. The fourth-order valence-electron chi connectivity index (χ4n) is 1.90. The second kappa shape index (κ2) is 6.63. The van der Waals surface area contributed by atoms with Crippen LogP contribution in [-0.4, -0.2) is 62.3 Å². The van der Waals surface area contributed by atoms with E-state index in [4.69, 9.17) is 4.74 Å². The topological polar surface area (TPSA) is 117 Å². The normalized spacial score (nSPS) is 29.4. The summed E-state index contributed by atoms with van der Waals surface area (Å²) in [4.78, 5) is 16.3. The number of halogens is 1. The highest BCUT2D eigenvalue weighted by Gasteiger charge is 2.38. The monoisotopic (exact) mass is 381 g/mol. The molecule has 0 aromatic carbocycles. The van der Waals surface area contributed by atoms with Gasteiger partial charge >= 0.3 is 0 Å². The Kier molecular flexibility index (Phi) is 5.28. The highest BCUT2D eigenvalue weighted by Crippen LogP contribution is 2.23. The zero-order valence-corrected chi connectivity index (χ0v) is 13.8. The first-order valence-electron chi connectivity index (χ1n) is 6.09. The molecular weight excluding hydrogens is 366 g/mol. The molecule has 2 rings (SSSR count). The van der Waals surface area contributed by atoms with Gasteiger partial charge in [-0.05, 0) is 22.2 Å². The van der Waals surface area contributed by atoms with E-state index in [0.717, 1.165) is 0 Å². The van der Waals surface area contributed by atoms with Gasteiger partial charge in [-0.25, -0.2) is 4.98 Å². The molecule has 0 radical (unpaired) electrons. The van der Waals surface area contributed by atoms with Crippen molar-refractivity contribution in [1.29, 1.82) is 0 Å². The van der Waals surface area contributed by atoms with Gasteiger partial charge in [-0.15, -0.1) is 0 Å². The van der Waals surface area contributed by atoms with Gasteiger partial charge < -0.3 is 25.4 Å². The molecule has 0 saturated carbocycles. The number of thioether (sulfide) groups is 1. The van der Waals surface area contributed by atoms with Crippen molar-refractivity contribution in [2.24, 2.45) is 7.05 Å². The Morgan fingerprint density at radius 3 is 2.71 bits per heavy atom. The van der Waals surface area contributed by atoms with Crippen molar-refractivity contribution in [3.05, 3.63) is 14.8 Å². The molecule has 0 spiro atoms. The molecule has 0 amide bonds. The Balaban J connectivity index is 2.28. The molecule has 1 aromatic rings. The average molecular weight is 382 g/mol. The van der Waals surface area contributed by atoms with Gasteiger partial charge in [0.2, 0.25) is 0 Å². The van der Waals surface area contributed by atoms with Gasteiger partial charge in [-0.1, -0.05) is 11.8 Å². The summed E-state index contributed by atoms with van der Waals surface area (Å²) in [5, 5.41) is 32.2. The van der Waals surface area contributed by atoms with E-state index in [0.29, 0.717) is 5.16 Å². The minimum absolute atomic E-state index is 0.131. The lowest BCUT2D eigenvalue weighted by Crippen LogP contribution is -2.55. The second-order valence-corrected chi connectivity index (χ2v) is 6.14. The highest BCUT2D eigenvalue weighted by molar-refractivity contribution is 9.10. The number of hydrogen-bond acceptors (Lipinski definition) is 8. The molecule has 4 unspecified atom stereocenters. The number of anilines is 1. The summed E-state index contributed by atoms with van der Waals surface area (Å²) in [5.41, 5.74) is -0.289. The van der Waals surface area contributed by atoms with Crippen molar-refractivity contribution >= 4 is 33.5 Å². The Morgan fingerprint density at radius 1 is 1.43 bits per heavy atom. The van der Waals surface area contributed by atoms with Crippen LogP contribution in [0.1, 0.15) is 0 Å². The molecule has 8 nitrogen and oxygen atoms in total. The van der Waals surface area contributed by atoms with Crippen LogP contribution in [0.4, 0.5) is 5.82 Å². The predicted molar refractivity (Wildman–Crippen MR) is 80.3 cm³/mol. The number of nitrogens with one attached hydrogen (secondary N) is 1. The van der Waals surface area contributed by atoms with Crippen molar-refractivity contribution in [3.8, 4) is 0 Å². The SMILES string of the molecule is CSc1nc(NC2OCC(O)C(O)C2O)c(Br)c(=O)n1C. The van der Waals surface area contributed by atoms with Crippen LogP contribution >= 0.6 is 27.7 Å². The number of rotatable bonds is 3. The highest BCUT2D eigenvalue weighted by atomic mass is 79.9. The van der Waals surface area contributed by atoms with E-state index >= 15 is 0 Å². The van der Waals surface area contributed by atoms with E-state index in [1.54, 1.807) is 13.3 Å². The summed E-state index contributed by atoms with van der Waals surface area (Å²) in [7, 11) is 1.60. The summed E-state index contributed by atoms with van der Waals surface area (Å²) in [6.07, 6.45) is -3.02. The Hall–Kier alpha value is -0.650. The first-order valence-corrected chi connectivity index (χ1v) is 8.11. The first kappa shape index (κ1) is 16.7. The van der Waals surface area contributed by atoms with Crippen molar-refractivity contribution in [1.82, 2.24) is 9.55 Å². The van der Waals surface area contributed by atoms with Gasteiger partial charge in [-0.3, -0.25) is 9.36 Å². The maximum Gasteiger partial charge on any atom is 0.270 e. The lowest BCUT2D eigenvalue weighted by molar-refractivity contribution is -0.178. The number of ether oxygens (including phenoxy) is 1. The van der Waals surface area contributed by atoms with Gasteiger partial charge in [0.25, 0.3) is 5.56 Å². The zero-order chi connectivity index (χ0) is 15.7. The molecule has 118 valence electrons. The maximum absolute atomic E-state index is 12.0. The van der Waals surface area contributed by atoms with Crippen molar-refractivity contribution in [2.45, 2.75) is 29.7 Å². The van der Waals surface area contributed by atoms with Crippen molar-refractivity contribution in [2.75, 3.05) is 18.2 Å². The van der Waals surface area contributed by atoms with Gasteiger partial charge in [0.1, 0.15) is 22.8 Å². The standard InChI is InChI=1S/C11H16BrN3O5S/c1-15-10(19)5(12)8(14-11(15)21-2)13-9-7(18)6(17)4(16)3-20-9/h4,6-7,9,13,16-18H,3H2,1-2H3. The van der Waals surface area contributed by atoms with Crippen LogP contribution in [0.15, 0.2) is 14.4 Å². The quantitative estimate of drug-likeness (QED) is 0.393. The van der Waals surface area contributed by atoms with Crippen LogP contribution in [0.5, 0.6) is 0 Å². The molecule has 4 N–H and O–H groups in total. The smallest absolute Gasteiger partial charge is 0.270 e. The van der Waals surface area contributed by atoms with Crippen LogP contribution in [0.3, 0.4) is 0 Å². The minimum atomic E-state index is -1.34. The van der Waals surface area contributed by atoms with Crippen molar-refractivity contribution < 1.29 is 20.1 Å². The van der Waals surface area contributed by atoms with E-state index in [9.17, 15) is 20.1 Å². The molecular formula is C11H16BrN3O5S. The second-order valence-electron chi connectivity index (χ2n) is 4.57. The number of nitrogens with zero attached hydrogens (tertiary/aromatic N) is 2. The van der Waals surface area contributed by atoms with Gasteiger partial charge in [0.15, 0.2) is 17.2 Å². The van der Waals surface area contributed by atoms with Crippen LogP contribution in [0.25, 0.3) is 0 Å². The number of aromatic nitrogens is 2. The molecule has 1 aliphatic heterocycles. The van der Waals surface area contributed by atoms with E-state index < -0.39 is 24.5 Å². The van der Waals surface area contributed by atoms with Crippen LogP contribution < -0.4 is 10.9 Å². The van der Waals surface area contributed by atoms with Crippen LogP contribution in [-0.2, 0) is 11.8 Å². The Labute approximate surface area is 133 Å². The summed E-state index contributed by atoms with van der Waals surface area (Å²) in [5.74, 6) is 0.204. The molecule has 1 aliphatic rings. The molecule has 0 aliphatic carbocycles. The molecule has 1 fully saturated rings. The minimum Gasteiger partial charge on any atom is -0.388 e. The summed E-state index contributed by atoms with van der Waals surface area (Å²) >= 11 is 4.45. The van der Waals surface area contributed by atoms with E-state index in [2.05, 4.69) is 26.2 Å². The lowest BCUT2D eigenvalue weighted by atomic mass is 10.0. The predicted octanol–water partition coefficient (Wildman–Crippen LogP) is -0.884. The number of hydrogen-bond donors (Lipinski definition) is 4. The average Bonchev–Trinajstić information content (AvgIpc) is 2.48. The largest absolute Gasteiger partial charge is 0.388 e. The van der Waals surface area contributed by atoms with Crippen molar-refractivity contribution in [3.63, 3.8) is 0 Å². The molecule has 21 heavy (non-hydrogen) atoms. The zero-order valence-electron chi connectivity index (χ0n) is 11.4. The summed E-state index contributed by atoms with van der Waals surface area (Å²) in [6.45, 7) is -0.131. The molecule has 1 saturated heterocycles. The maximum atomic E-state index is 12.0. The fraction of sp³-hybridized carbons (Fsp3) is 0.636. The molecule has 1 aromatic heterocycles. The molecule has 4 atom stereocenters. The van der Waals surface area contributed by atoms with Crippen LogP contribution in [0.2, 0.25) is 0 Å². The van der Waals surface area contributed by atoms with E-state index in [1.165, 1.54) is 16.3 Å². The fourth-order valence-corrected chi connectivity index (χ4v) is 2.91. The number of aliphatic hydroxyl groups is 3. The van der Waals surface area contributed by atoms with E-state index in [-0.39, 0.29) is 22.5 Å². The molecule has 10 heteroatoms. The summed E-state index contributed by atoms with van der Waals surface area (Å²) in [6, 6.07) is 0. The first-order chi connectivity index (χ1) is 9.86. The molecule has 2 heterocycles. The van der Waals surface area contributed by atoms with Gasteiger partial charge in [-0.2, -0.15) is 0 Å². The van der Waals surface area contributed by atoms with Crippen LogP contribution in [0, 0.1) is 0 Å². The lowest BCUT2D eigenvalue weighted by Gasteiger charge is -2.35. The summed E-state index contributed by atoms with van der Waals surface area (Å²) < 4.78 is 6.81. The Bertz CT molecular complexity index is 584. The molecule has 0 bridgehead atoms. The third kappa shape index (κ3) is 3.25. The third-order valence-electron chi connectivity index (χ3n) is 3.16. The van der Waals surface area contributed by atoms with E-state index in [1.807, 2.05) is 0 Å². The Morgan fingerprint density at radius 2 is 2.10 bits per heavy atom. The van der Waals surface area contributed by atoms with Gasteiger partial charge in [0, 0.05) is 7.05 Å².